The van der Waals surface area contributed by atoms with Crippen LogP contribution in [0.1, 0.15) is 43.2 Å². The highest BCUT2D eigenvalue weighted by Gasteiger charge is 2.38. The first-order valence-electron chi connectivity index (χ1n) is 9.57. The third-order valence-electron chi connectivity index (χ3n) is 5.31. The van der Waals surface area contributed by atoms with E-state index in [0.29, 0.717) is 17.8 Å². The number of aryl methyl sites for hydroxylation is 1. The van der Waals surface area contributed by atoms with Crippen molar-refractivity contribution < 1.29 is 9.59 Å². The standard InChI is InChI=1S/C23H23N3O2/c1-14-11-12-19(24-13-14)26-23(28)20-15(2)25-17-9-6-10-18(27)22(17)21(20)16-7-4-3-5-8-16/h3-5,7-8,11-13,21,25H,6,9-10H2,1-2H3,(H,24,26,28). The number of rotatable bonds is 3. The monoisotopic (exact) mass is 373 g/mol. The van der Waals surface area contributed by atoms with Crippen LogP contribution in [0.2, 0.25) is 0 Å². The first-order chi connectivity index (χ1) is 13.5. The Morgan fingerprint density at radius 1 is 1.11 bits per heavy atom. The molecule has 5 nitrogen and oxygen atoms in total. The van der Waals surface area contributed by atoms with Gasteiger partial charge in [0.2, 0.25) is 0 Å². The van der Waals surface area contributed by atoms with Crippen molar-refractivity contribution in [2.45, 2.75) is 39.0 Å². The van der Waals surface area contributed by atoms with Crippen molar-refractivity contribution in [1.29, 1.82) is 0 Å². The Hall–Kier alpha value is -3.21. The number of pyridine rings is 1. The van der Waals surface area contributed by atoms with Crippen LogP contribution in [0, 0.1) is 6.92 Å². The van der Waals surface area contributed by atoms with Gasteiger partial charge >= 0.3 is 0 Å². The molecule has 28 heavy (non-hydrogen) atoms. The third kappa shape index (κ3) is 3.36. The number of benzene rings is 1. The number of allylic oxidation sites excluding steroid dienone is 3. The summed E-state index contributed by atoms with van der Waals surface area (Å²) in [6.07, 6.45) is 3.91. The second-order valence-electron chi connectivity index (χ2n) is 7.35. The number of ketones is 1. The lowest BCUT2D eigenvalue weighted by Crippen LogP contribution is -2.35. The molecule has 0 bridgehead atoms. The Kier molecular flexibility index (Phi) is 4.82. The van der Waals surface area contributed by atoms with Crippen LogP contribution in [0.25, 0.3) is 0 Å². The average molecular weight is 373 g/mol. The number of hydrogen-bond donors (Lipinski definition) is 2. The summed E-state index contributed by atoms with van der Waals surface area (Å²) in [6.45, 7) is 3.85. The number of Topliss-reactive ketones (excluding diaryl/α,β-unsaturated/α-hetero) is 1. The van der Waals surface area contributed by atoms with Crippen molar-refractivity contribution in [2.75, 3.05) is 5.32 Å². The minimum Gasteiger partial charge on any atom is -0.362 e. The molecule has 1 atom stereocenters. The van der Waals surface area contributed by atoms with Crippen molar-refractivity contribution in [1.82, 2.24) is 10.3 Å². The van der Waals surface area contributed by atoms with E-state index in [-0.39, 0.29) is 17.6 Å². The minimum atomic E-state index is -0.365. The van der Waals surface area contributed by atoms with E-state index in [1.54, 1.807) is 12.3 Å². The summed E-state index contributed by atoms with van der Waals surface area (Å²) in [5.41, 5.74) is 5.01. The van der Waals surface area contributed by atoms with E-state index < -0.39 is 0 Å². The second-order valence-corrected chi connectivity index (χ2v) is 7.35. The highest BCUT2D eigenvalue weighted by Crippen LogP contribution is 2.42. The van der Waals surface area contributed by atoms with E-state index in [1.165, 1.54) is 0 Å². The Balaban J connectivity index is 1.76. The zero-order chi connectivity index (χ0) is 19.7. The number of dihydropyridines is 1. The van der Waals surface area contributed by atoms with Crippen LogP contribution in [0.4, 0.5) is 5.82 Å². The zero-order valence-corrected chi connectivity index (χ0v) is 16.1. The van der Waals surface area contributed by atoms with E-state index in [0.717, 1.165) is 40.9 Å². The van der Waals surface area contributed by atoms with Crippen LogP contribution in [-0.4, -0.2) is 16.7 Å². The van der Waals surface area contributed by atoms with Crippen LogP contribution in [-0.2, 0) is 9.59 Å². The molecular weight excluding hydrogens is 350 g/mol. The van der Waals surface area contributed by atoms with E-state index in [4.69, 9.17) is 0 Å². The van der Waals surface area contributed by atoms with Gasteiger partial charge in [0.1, 0.15) is 5.82 Å². The van der Waals surface area contributed by atoms with Gasteiger partial charge in [0, 0.05) is 41.1 Å². The molecule has 5 heteroatoms. The van der Waals surface area contributed by atoms with Gasteiger partial charge in [0.25, 0.3) is 5.91 Å². The van der Waals surface area contributed by atoms with Gasteiger partial charge in [-0.3, -0.25) is 9.59 Å². The number of aromatic nitrogens is 1. The van der Waals surface area contributed by atoms with Gasteiger partial charge < -0.3 is 10.6 Å². The molecule has 1 aliphatic heterocycles. The predicted molar refractivity (Wildman–Crippen MR) is 109 cm³/mol. The first-order valence-corrected chi connectivity index (χ1v) is 9.57. The highest BCUT2D eigenvalue weighted by molar-refractivity contribution is 6.09. The summed E-state index contributed by atoms with van der Waals surface area (Å²) in [7, 11) is 0. The normalized spacial score (nSPS) is 19.2. The van der Waals surface area contributed by atoms with Gasteiger partial charge in [-0.1, -0.05) is 36.4 Å². The molecule has 0 spiro atoms. The SMILES string of the molecule is CC1=C(C(=O)Nc2ccc(C)cn2)C(c2ccccc2)C2=C(CCCC2=O)N1. The van der Waals surface area contributed by atoms with Crippen LogP contribution in [0.3, 0.4) is 0 Å². The average Bonchev–Trinajstić information content (AvgIpc) is 2.69. The molecule has 4 rings (SSSR count). The molecule has 2 heterocycles. The maximum Gasteiger partial charge on any atom is 0.255 e. The summed E-state index contributed by atoms with van der Waals surface area (Å²) in [5.74, 6) is 0.0159. The molecule has 1 amide bonds. The maximum atomic E-state index is 13.2. The van der Waals surface area contributed by atoms with Crippen LogP contribution in [0.5, 0.6) is 0 Å². The lowest BCUT2D eigenvalue weighted by molar-refractivity contribution is -0.116. The first kappa shape index (κ1) is 18.2. The Bertz CT molecular complexity index is 988. The van der Waals surface area contributed by atoms with Crippen molar-refractivity contribution in [3.8, 4) is 0 Å². The van der Waals surface area contributed by atoms with Crippen LogP contribution >= 0.6 is 0 Å². The van der Waals surface area contributed by atoms with Crippen molar-refractivity contribution >= 4 is 17.5 Å². The molecule has 2 aromatic rings. The van der Waals surface area contributed by atoms with Gasteiger partial charge in [-0.15, -0.1) is 0 Å². The molecule has 2 N–H and O–H groups in total. The quantitative estimate of drug-likeness (QED) is 0.853. The second kappa shape index (κ2) is 7.43. The molecule has 142 valence electrons. The summed E-state index contributed by atoms with van der Waals surface area (Å²) in [6, 6.07) is 13.5. The molecule has 1 aliphatic carbocycles. The van der Waals surface area contributed by atoms with E-state index in [9.17, 15) is 9.59 Å². The molecule has 0 saturated heterocycles. The van der Waals surface area contributed by atoms with E-state index in [1.807, 2.05) is 50.2 Å². The van der Waals surface area contributed by atoms with E-state index in [2.05, 4.69) is 15.6 Å². The number of nitrogens with one attached hydrogen (secondary N) is 2. The molecule has 1 unspecified atom stereocenters. The number of carbonyl (C=O) groups excluding carboxylic acids is 2. The smallest absolute Gasteiger partial charge is 0.255 e. The maximum absolute atomic E-state index is 13.2. The third-order valence-corrected chi connectivity index (χ3v) is 5.31. The van der Waals surface area contributed by atoms with Gasteiger partial charge in [-0.2, -0.15) is 0 Å². The molecule has 0 saturated carbocycles. The summed E-state index contributed by atoms with van der Waals surface area (Å²) in [4.78, 5) is 30.3. The molecule has 1 aromatic heterocycles. The largest absolute Gasteiger partial charge is 0.362 e. The van der Waals surface area contributed by atoms with Crippen LogP contribution < -0.4 is 10.6 Å². The number of carbonyl (C=O) groups is 2. The van der Waals surface area contributed by atoms with E-state index >= 15 is 0 Å². The number of anilines is 1. The molecular formula is C23H23N3O2. The Labute approximate surface area is 164 Å². The molecule has 1 aromatic carbocycles. The van der Waals surface area contributed by atoms with Crippen LogP contribution in [0.15, 0.2) is 71.2 Å². The molecule has 0 radical (unpaired) electrons. The topological polar surface area (TPSA) is 71.1 Å². The van der Waals surface area contributed by atoms with Gasteiger partial charge in [-0.05, 0) is 43.9 Å². The fourth-order valence-corrected chi connectivity index (χ4v) is 3.99. The fraction of sp³-hybridized carbons (Fsp3) is 0.261. The minimum absolute atomic E-state index is 0.119. The Morgan fingerprint density at radius 3 is 2.61 bits per heavy atom. The lowest BCUT2D eigenvalue weighted by atomic mass is 9.75. The predicted octanol–water partition coefficient (Wildman–Crippen LogP) is 4.00. The van der Waals surface area contributed by atoms with Gasteiger partial charge in [-0.25, -0.2) is 4.98 Å². The Morgan fingerprint density at radius 2 is 1.89 bits per heavy atom. The number of nitrogens with zero attached hydrogens (tertiary/aromatic N) is 1. The summed E-state index contributed by atoms with van der Waals surface area (Å²) >= 11 is 0. The van der Waals surface area contributed by atoms with Gasteiger partial charge in [0.05, 0.1) is 0 Å². The zero-order valence-electron chi connectivity index (χ0n) is 16.1. The van der Waals surface area contributed by atoms with Crippen molar-refractivity contribution in [3.05, 3.63) is 82.3 Å². The summed E-state index contributed by atoms with van der Waals surface area (Å²) in [5, 5.41) is 6.23. The lowest BCUT2D eigenvalue weighted by Gasteiger charge is -2.34. The fourth-order valence-electron chi connectivity index (χ4n) is 3.99. The van der Waals surface area contributed by atoms with Gasteiger partial charge in [0.15, 0.2) is 5.78 Å². The highest BCUT2D eigenvalue weighted by atomic mass is 16.2. The number of hydrogen-bond acceptors (Lipinski definition) is 4. The van der Waals surface area contributed by atoms with Crippen molar-refractivity contribution in [2.24, 2.45) is 0 Å². The summed E-state index contributed by atoms with van der Waals surface area (Å²) < 4.78 is 0. The van der Waals surface area contributed by atoms with Crippen molar-refractivity contribution in [3.63, 3.8) is 0 Å². The number of amides is 1. The molecule has 0 fully saturated rings. The molecule has 2 aliphatic rings.